The minimum absolute atomic E-state index is 0.00212. The van der Waals surface area contributed by atoms with E-state index in [1.807, 2.05) is 0 Å². The van der Waals surface area contributed by atoms with Crippen LogP contribution in [0.1, 0.15) is 36.5 Å². The van der Waals surface area contributed by atoms with Crippen LogP contribution in [-0.2, 0) is 0 Å². The number of amides is 2. The van der Waals surface area contributed by atoms with Gasteiger partial charge in [0.25, 0.3) is 0 Å². The second kappa shape index (κ2) is 4.04. The van der Waals surface area contributed by atoms with Gasteiger partial charge in [-0.05, 0) is 24.8 Å². The third-order valence-electron chi connectivity index (χ3n) is 3.23. The van der Waals surface area contributed by atoms with E-state index < -0.39 is 5.97 Å². The molecule has 2 rings (SSSR count). The van der Waals surface area contributed by atoms with Gasteiger partial charge in [0.05, 0.1) is 5.69 Å². The lowest BCUT2D eigenvalue weighted by Crippen LogP contribution is -2.33. The number of nitrogens with one attached hydrogen (secondary N) is 3. The van der Waals surface area contributed by atoms with Crippen LogP contribution in [0.3, 0.4) is 0 Å². The van der Waals surface area contributed by atoms with Crippen LogP contribution in [0.2, 0.25) is 0 Å². The van der Waals surface area contributed by atoms with Gasteiger partial charge in [-0.25, -0.2) is 9.59 Å². The topological polar surface area (TPSA) is 94.2 Å². The molecule has 2 amide bonds. The lowest BCUT2D eigenvalue weighted by molar-refractivity contribution is 0.0692. The third kappa shape index (κ3) is 2.47. The SMILES string of the molecule is Cc1cc(NC(=O)NC2CC2(C)C)c(C(=O)O)[nH]1. The number of aromatic carboxylic acids is 1. The molecule has 0 radical (unpaired) electrons. The molecule has 1 saturated carbocycles. The highest BCUT2D eigenvalue weighted by Gasteiger charge is 2.46. The Morgan fingerprint density at radius 1 is 1.50 bits per heavy atom. The molecular formula is C12H17N3O3. The molecule has 1 heterocycles. The van der Waals surface area contributed by atoms with Crippen molar-refractivity contribution < 1.29 is 14.7 Å². The number of carbonyl (C=O) groups is 2. The summed E-state index contributed by atoms with van der Waals surface area (Å²) in [5.74, 6) is -1.09. The first-order valence-electron chi connectivity index (χ1n) is 5.80. The van der Waals surface area contributed by atoms with Crippen molar-refractivity contribution in [3.05, 3.63) is 17.5 Å². The Kier molecular flexibility index (Phi) is 2.80. The van der Waals surface area contributed by atoms with E-state index in [9.17, 15) is 9.59 Å². The first kappa shape index (κ1) is 12.5. The first-order chi connectivity index (χ1) is 8.29. The molecule has 1 unspecified atom stereocenters. The van der Waals surface area contributed by atoms with Crippen molar-refractivity contribution in [3.8, 4) is 0 Å². The largest absolute Gasteiger partial charge is 0.477 e. The molecule has 0 bridgehead atoms. The first-order valence-corrected chi connectivity index (χ1v) is 5.80. The van der Waals surface area contributed by atoms with E-state index >= 15 is 0 Å². The average Bonchev–Trinajstić information content (AvgIpc) is 2.66. The van der Waals surface area contributed by atoms with E-state index in [0.717, 1.165) is 6.42 Å². The lowest BCUT2D eigenvalue weighted by Gasteiger charge is -2.08. The number of anilines is 1. The van der Waals surface area contributed by atoms with Crippen LogP contribution in [0.25, 0.3) is 0 Å². The maximum absolute atomic E-state index is 11.7. The molecule has 0 spiro atoms. The molecule has 1 aromatic rings. The molecule has 1 aromatic heterocycles. The van der Waals surface area contributed by atoms with E-state index in [1.54, 1.807) is 13.0 Å². The highest BCUT2D eigenvalue weighted by molar-refractivity contribution is 5.99. The smallest absolute Gasteiger partial charge is 0.354 e. The number of carbonyl (C=O) groups excluding carboxylic acids is 1. The van der Waals surface area contributed by atoms with Crippen LogP contribution in [0.5, 0.6) is 0 Å². The van der Waals surface area contributed by atoms with Gasteiger partial charge in [-0.15, -0.1) is 0 Å². The van der Waals surface area contributed by atoms with Crippen molar-refractivity contribution in [2.75, 3.05) is 5.32 Å². The normalized spacial score (nSPS) is 20.3. The molecule has 6 nitrogen and oxygen atoms in total. The van der Waals surface area contributed by atoms with E-state index in [0.29, 0.717) is 5.69 Å². The van der Waals surface area contributed by atoms with Crippen LogP contribution >= 0.6 is 0 Å². The number of rotatable bonds is 3. The Balaban J connectivity index is 2.01. The lowest BCUT2D eigenvalue weighted by atomic mass is 10.2. The molecule has 6 heteroatoms. The molecule has 98 valence electrons. The highest BCUT2D eigenvalue weighted by atomic mass is 16.4. The number of aromatic amines is 1. The molecule has 0 aliphatic heterocycles. The average molecular weight is 251 g/mol. The predicted molar refractivity (Wildman–Crippen MR) is 66.8 cm³/mol. The number of aromatic nitrogens is 1. The number of carboxylic acid groups (broad SMARTS) is 1. The van der Waals surface area contributed by atoms with Gasteiger partial charge in [0.2, 0.25) is 0 Å². The fraction of sp³-hybridized carbons (Fsp3) is 0.500. The molecule has 18 heavy (non-hydrogen) atoms. The van der Waals surface area contributed by atoms with Gasteiger partial charge in [-0.2, -0.15) is 0 Å². The second-order valence-corrected chi connectivity index (χ2v) is 5.39. The second-order valence-electron chi connectivity index (χ2n) is 5.39. The minimum atomic E-state index is -1.09. The molecule has 1 aliphatic carbocycles. The molecule has 0 saturated heterocycles. The Hall–Kier alpha value is -1.98. The maximum Gasteiger partial charge on any atom is 0.354 e. The summed E-state index contributed by atoms with van der Waals surface area (Å²) in [7, 11) is 0. The van der Waals surface area contributed by atoms with Crippen LogP contribution in [0.15, 0.2) is 6.07 Å². The van der Waals surface area contributed by atoms with Crippen LogP contribution in [0, 0.1) is 12.3 Å². The third-order valence-corrected chi connectivity index (χ3v) is 3.23. The van der Waals surface area contributed by atoms with Gasteiger partial charge in [-0.1, -0.05) is 13.8 Å². The Labute approximate surface area is 105 Å². The summed E-state index contributed by atoms with van der Waals surface area (Å²) in [5.41, 5.74) is 1.12. The van der Waals surface area contributed by atoms with Gasteiger partial charge >= 0.3 is 12.0 Å². The molecular weight excluding hydrogens is 234 g/mol. The quantitative estimate of drug-likeness (QED) is 0.661. The number of urea groups is 1. The zero-order chi connectivity index (χ0) is 13.5. The van der Waals surface area contributed by atoms with Crippen LogP contribution < -0.4 is 10.6 Å². The monoisotopic (exact) mass is 251 g/mol. The van der Waals surface area contributed by atoms with E-state index in [2.05, 4.69) is 29.5 Å². The van der Waals surface area contributed by atoms with E-state index in [-0.39, 0.29) is 28.9 Å². The molecule has 1 aliphatic rings. The van der Waals surface area contributed by atoms with Crippen molar-refractivity contribution in [2.24, 2.45) is 5.41 Å². The fourth-order valence-electron chi connectivity index (χ4n) is 1.89. The number of hydrogen-bond donors (Lipinski definition) is 4. The number of aryl methyl sites for hydroxylation is 1. The predicted octanol–water partition coefficient (Wildman–Crippen LogP) is 1.94. The molecule has 4 N–H and O–H groups in total. The summed E-state index contributed by atoms with van der Waals surface area (Å²) >= 11 is 0. The summed E-state index contributed by atoms with van der Waals surface area (Å²) in [5, 5.41) is 14.3. The number of hydrogen-bond acceptors (Lipinski definition) is 2. The van der Waals surface area contributed by atoms with Gasteiger partial charge in [0.1, 0.15) is 5.69 Å². The molecule has 1 atom stereocenters. The minimum Gasteiger partial charge on any atom is -0.477 e. The summed E-state index contributed by atoms with van der Waals surface area (Å²) in [6.07, 6.45) is 0.943. The van der Waals surface area contributed by atoms with Crippen LogP contribution in [-0.4, -0.2) is 28.1 Å². The van der Waals surface area contributed by atoms with Gasteiger partial charge in [0, 0.05) is 11.7 Å². The zero-order valence-electron chi connectivity index (χ0n) is 10.6. The van der Waals surface area contributed by atoms with Crippen molar-refractivity contribution in [1.82, 2.24) is 10.3 Å². The van der Waals surface area contributed by atoms with Crippen molar-refractivity contribution in [2.45, 2.75) is 33.2 Å². The maximum atomic E-state index is 11.7. The van der Waals surface area contributed by atoms with Gasteiger partial charge < -0.3 is 20.7 Å². The van der Waals surface area contributed by atoms with Crippen molar-refractivity contribution in [1.29, 1.82) is 0 Å². The standard InChI is InChI=1S/C12H17N3O3/c1-6-4-7(9(13-6)10(16)17)14-11(18)15-8-5-12(8,2)3/h4,8,13H,5H2,1-3H3,(H,16,17)(H2,14,15,18). The Bertz CT molecular complexity index is 505. The van der Waals surface area contributed by atoms with Crippen LogP contribution in [0.4, 0.5) is 10.5 Å². The van der Waals surface area contributed by atoms with Crippen molar-refractivity contribution in [3.63, 3.8) is 0 Å². The summed E-state index contributed by atoms with van der Waals surface area (Å²) < 4.78 is 0. The molecule has 1 fully saturated rings. The van der Waals surface area contributed by atoms with Gasteiger partial charge in [-0.3, -0.25) is 0 Å². The molecule has 0 aromatic carbocycles. The van der Waals surface area contributed by atoms with E-state index in [1.165, 1.54) is 0 Å². The Morgan fingerprint density at radius 2 is 2.11 bits per heavy atom. The summed E-state index contributed by atoms with van der Waals surface area (Å²) in [6.45, 7) is 5.88. The number of H-pyrrole nitrogens is 1. The van der Waals surface area contributed by atoms with E-state index in [4.69, 9.17) is 5.11 Å². The highest BCUT2D eigenvalue weighted by Crippen LogP contribution is 2.44. The summed E-state index contributed by atoms with van der Waals surface area (Å²) in [6, 6.07) is 1.39. The van der Waals surface area contributed by atoms with Gasteiger partial charge in [0.15, 0.2) is 0 Å². The fourth-order valence-corrected chi connectivity index (χ4v) is 1.89. The summed E-state index contributed by atoms with van der Waals surface area (Å²) in [4.78, 5) is 25.3. The van der Waals surface area contributed by atoms with Crippen molar-refractivity contribution >= 4 is 17.7 Å². The number of carboxylic acids is 1. The Morgan fingerprint density at radius 3 is 2.61 bits per heavy atom. The zero-order valence-corrected chi connectivity index (χ0v) is 10.6.